The zero-order valence-corrected chi connectivity index (χ0v) is 20.6. The van der Waals surface area contributed by atoms with E-state index in [9.17, 15) is 9.59 Å². The molecule has 4 rings (SSSR count). The first kappa shape index (κ1) is 23.5. The summed E-state index contributed by atoms with van der Waals surface area (Å²) in [6, 6.07) is 19.1. The minimum atomic E-state index is -0.375. The number of hydrogen-bond acceptors (Lipinski definition) is 6. The molecule has 1 amide bonds. The molecule has 0 saturated carbocycles. The van der Waals surface area contributed by atoms with E-state index in [1.165, 1.54) is 11.3 Å². The van der Waals surface area contributed by atoms with Crippen molar-refractivity contribution in [2.75, 3.05) is 11.9 Å². The Hall–Kier alpha value is -3.62. The van der Waals surface area contributed by atoms with Crippen LogP contribution in [0, 0.1) is 13.8 Å². The molecule has 6 nitrogen and oxygen atoms in total. The van der Waals surface area contributed by atoms with Gasteiger partial charge in [0.1, 0.15) is 4.88 Å². The fraction of sp³-hybridized carbons (Fsp3) is 0.154. The Labute approximate surface area is 207 Å². The smallest absolute Gasteiger partial charge is 0.348 e. The summed E-state index contributed by atoms with van der Waals surface area (Å²) in [6.07, 6.45) is 0. The van der Waals surface area contributed by atoms with E-state index >= 15 is 0 Å². The fourth-order valence-electron chi connectivity index (χ4n) is 3.49. The Morgan fingerprint density at radius 2 is 1.79 bits per heavy atom. The van der Waals surface area contributed by atoms with Crippen molar-refractivity contribution in [1.82, 2.24) is 10.3 Å². The number of ether oxygens (including phenoxy) is 1. The van der Waals surface area contributed by atoms with Crippen molar-refractivity contribution in [2.45, 2.75) is 20.8 Å². The monoisotopic (exact) mass is 489 g/mol. The number of benzene rings is 2. The molecule has 0 fully saturated rings. The summed E-state index contributed by atoms with van der Waals surface area (Å²) >= 11 is 6.60. The average Bonchev–Trinajstić information content (AvgIpc) is 3.18. The third-order valence-corrected chi connectivity index (χ3v) is 6.49. The Balaban J connectivity index is 1.58. The van der Waals surface area contributed by atoms with E-state index in [1.54, 1.807) is 19.1 Å². The number of aryl methyl sites for hydroxylation is 2. The summed E-state index contributed by atoms with van der Waals surface area (Å²) in [5.74, 6) is -0.719. The van der Waals surface area contributed by atoms with Crippen molar-refractivity contribution in [3.63, 3.8) is 0 Å². The van der Waals surface area contributed by atoms with Crippen LogP contribution in [-0.4, -0.2) is 28.6 Å². The van der Waals surface area contributed by atoms with Crippen LogP contribution >= 0.6 is 23.6 Å². The lowest BCUT2D eigenvalue weighted by Crippen LogP contribution is -2.34. The first-order chi connectivity index (χ1) is 16.4. The molecular weight excluding hydrogens is 466 g/mol. The van der Waals surface area contributed by atoms with Gasteiger partial charge in [0.2, 0.25) is 0 Å². The van der Waals surface area contributed by atoms with Gasteiger partial charge in [0, 0.05) is 10.9 Å². The number of anilines is 1. The molecule has 2 aromatic carbocycles. The highest BCUT2D eigenvalue weighted by Gasteiger charge is 2.18. The Morgan fingerprint density at radius 1 is 1.06 bits per heavy atom. The summed E-state index contributed by atoms with van der Waals surface area (Å²) in [5.41, 5.74) is 4.75. The fourth-order valence-corrected chi connectivity index (χ4v) is 4.73. The van der Waals surface area contributed by atoms with Gasteiger partial charge < -0.3 is 10.1 Å². The lowest BCUT2D eigenvalue weighted by atomic mass is 10.0. The minimum Gasteiger partial charge on any atom is -0.462 e. The van der Waals surface area contributed by atoms with Gasteiger partial charge in [-0.2, -0.15) is 0 Å². The number of carbonyl (C=O) groups excluding carboxylic acids is 2. The normalized spacial score (nSPS) is 10.7. The van der Waals surface area contributed by atoms with Gasteiger partial charge >= 0.3 is 5.97 Å². The van der Waals surface area contributed by atoms with Gasteiger partial charge in [0.25, 0.3) is 5.91 Å². The number of pyridine rings is 1. The molecule has 8 heteroatoms. The number of para-hydroxylation sites is 1. The lowest BCUT2D eigenvalue weighted by molar-refractivity contribution is 0.0531. The van der Waals surface area contributed by atoms with Crippen LogP contribution in [0.25, 0.3) is 22.2 Å². The Bertz CT molecular complexity index is 1390. The van der Waals surface area contributed by atoms with E-state index < -0.39 is 0 Å². The van der Waals surface area contributed by atoms with Gasteiger partial charge in [-0.25, -0.2) is 9.78 Å². The second-order valence-electron chi connectivity index (χ2n) is 7.69. The highest BCUT2D eigenvalue weighted by molar-refractivity contribution is 7.80. The zero-order valence-electron chi connectivity index (χ0n) is 19.0. The lowest BCUT2D eigenvalue weighted by Gasteiger charge is -2.12. The van der Waals surface area contributed by atoms with Crippen molar-refractivity contribution in [3.05, 3.63) is 82.2 Å². The van der Waals surface area contributed by atoms with Gasteiger partial charge in [-0.05, 0) is 56.8 Å². The van der Waals surface area contributed by atoms with Crippen LogP contribution in [0.4, 0.5) is 5.00 Å². The van der Waals surface area contributed by atoms with Crippen molar-refractivity contribution in [2.24, 2.45) is 0 Å². The molecule has 0 aliphatic carbocycles. The van der Waals surface area contributed by atoms with E-state index in [-0.39, 0.29) is 17.0 Å². The molecule has 2 N–H and O–H groups in total. The molecule has 2 aromatic heterocycles. The first-order valence-electron chi connectivity index (χ1n) is 10.7. The number of fused-ring (bicyclic) bond motifs is 1. The van der Waals surface area contributed by atoms with Gasteiger partial charge in [-0.15, -0.1) is 11.3 Å². The third-order valence-electron chi connectivity index (χ3n) is 5.15. The number of amides is 1. The SMILES string of the molecule is CCOC(=O)c1sc(NC(=S)NC(=O)c2cc(-c3ccc(C)cc3)nc3ccccc23)cc1C. The molecule has 34 heavy (non-hydrogen) atoms. The van der Waals surface area contributed by atoms with Crippen molar-refractivity contribution < 1.29 is 14.3 Å². The van der Waals surface area contributed by atoms with Crippen molar-refractivity contribution >= 4 is 56.4 Å². The van der Waals surface area contributed by atoms with Crippen LogP contribution in [0.2, 0.25) is 0 Å². The molecule has 2 heterocycles. The van der Waals surface area contributed by atoms with E-state index in [0.717, 1.165) is 27.6 Å². The summed E-state index contributed by atoms with van der Waals surface area (Å²) < 4.78 is 5.08. The molecule has 0 unspecified atom stereocenters. The maximum absolute atomic E-state index is 13.2. The molecule has 0 bridgehead atoms. The summed E-state index contributed by atoms with van der Waals surface area (Å²) in [4.78, 5) is 30.5. The number of nitrogens with zero attached hydrogens (tertiary/aromatic N) is 1. The second-order valence-corrected chi connectivity index (χ2v) is 9.15. The molecule has 172 valence electrons. The topological polar surface area (TPSA) is 80.3 Å². The number of aromatic nitrogens is 1. The van der Waals surface area contributed by atoms with Crippen LogP contribution in [0.15, 0.2) is 60.7 Å². The first-order valence-corrected chi connectivity index (χ1v) is 11.9. The van der Waals surface area contributed by atoms with E-state index in [4.69, 9.17) is 21.9 Å². The van der Waals surface area contributed by atoms with Crippen LogP contribution in [0.1, 0.15) is 38.1 Å². The van der Waals surface area contributed by atoms with Gasteiger partial charge in [-0.3, -0.25) is 10.1 Å². The standard InChI is InChI=1S/C26H23N3O3S2/c1-4-32-25(31)23-16(3)13-22(34-23)28-26(33)29-24(30)19-14-21(17-11-9-15(2)10-12-17)27-20-8-6-5-7-18(19)20/h5-14H,4H2,1-3H3,(H2,28,29,30,33). The van der Waals surface area contributed by atoms with Gasteiger partial charge in [0.15, 0.2) is 5.11 Å². The number of esters is 1. The highest BCUT2D eigenvalue weighted by Crippen LogP contribution is 2.28. The van der Waals surface area contributed by atoms with Crippen LogP contribution in [0.3, 0.4) is 0 Å². The average molecular weight is 490 g/mol. The van der Waals surface area contributed by atoms with Crippen LogP contribution in [-0.2, 0) is 4.74 Å². The Kier molecular flexibility index (Phi) is 7.00. The molecule has 0 spiro atoms. The van der Waals surface area contributed by atoms with Crippen LogP contribution < -0.4 is 10.6 Å². The maximum Gasteiger partial charge on any atom is 0.348 e. The van der Waals surface area contributed by atoms with Crippen LogP contribution in [0.5, 0.6) is 0 Å². The second kappa shape index (κ2) is 10.1. The molecular formula is C26H23N3O3S2. The highest BCUT2D eigenvalue weighted by atomic mass is 32.1. The van der Waals surface area contributed by atoms with Crippen molar-refractivity contribution in [3.8, 4) is 11.3 Å². The number of hydrogen-bond donors (Lipinski definition) is 2. The third kappa shape index (κ3) is 5.13. The predicted molar refractivity (Wildman–Crippen MR) is 141 cm³/mol. The van der Waals surface area contributed by atoms with Gasteiger partial charge in [0.05, 0.1) is 28.4 Å². The molecule has 0 aliphatic rings. The summed E-state index contributed by atoms with van der Waals surface area (Å²) in [5, 5.41) is 7.26. The maximum atomic E-state index is 13.2. The van der Waals surface area contributed by atoms with E-state index in [1.807, 2.05) is 62.4 Å². The van der Waals surface area contributed by atoms with E-state index in [2.05, 4.69) is 10.6 Å². The summed E-state index contributed by atoms with van der Waals surface area (Å²) in [7, 11) is 0. The molecule has 0 aliphatic heterocycles. The Morgan fingerprint density at radius 3 is 2.53 bits per heavy atom. The van der Waals surface area contributed by atoms with Crippen molar-refractivity contribution in [1.29, 1.82) is 0 Å². The molecule has 0 radical (unpaired) electrons. The quantitative estimate of drug-likeness (QED) is 0.269. The predicted octanol–water partition coefficient (Wildman–Crippen LogP) is 5.88. The number of thiocarbonyl (C=S) groups is 1. The molecule has 0 atom stereocenters. The number of rotatable bonds is 5. The van der Waals surface area contributed by atoms with E-state index in [0.29, 0.717) is 27.7 Å². The molecule has 4 aromatic rings. The summed E-state index contributed by atoms with van der Waals surface area (Å²) in [6.45, 7) is 5.91. The largest absolute Gasteiger partial charge is 0.462 e. The molecule has 0 saturated heterocycles. The number of carbonyl (C=O) groups is 2. The minimum absolute atomic E-state index is 0.138. The number of thiophene rings is 1. The van der Waals surface area contributed by atoms with Gasteiger partial charge in [-0.1, -0.05) is 48.0 Å². The zero-order chi connectivity index (χ0) is 24.2. The number of nitrogens with one attached hydrogen (secondary N) is 2.